The van der Waals surface area contributed by atoms with Crippen LogP contribution in [0.15, 0.2) is 34.4 Å². The lowest BCUT2D eigenvalue weighted by atomic mass is 10.1. The number of primary amides is 1. The van der Waals surface area contributed by atoms with Crippen LogP contribution < -0.4 is 16.6 Å². The fourth-order valence-corrected chi connectivity index (χ4v) is 2.97. The zero-order chi connectivity index (χ0) is 17.1. The van der Waals surface area contributed by atoms with Crippen molar-refractivity contribution in [3.63, 3.8) is 0 Å². The maximum Gasteiger partial charge on any atom is 0.272 e. The summed E-state index contributed by atoms with van der Waals surface area (Å²) >= 11 is 1.21. The number of nitrogens with two attached hydrogens (primary N) is 1. The van der Waals surface area contributed by atoms with Crippen molar-refractivity contribution in [1.29, 1.82) is 0 Å². The van der Waals surface area contributed by atoms with Crippen molar-refractivity contribution in [1.82, 2.24) is 15.2 Å². The van der Waals surface area contributed by atoms with Gasteiger partial charge in [-0.2, -0.15) is 5.10 Å². The van der Waals surface area contributed by atoms with E-state index in [-0.39, 0.29) is 24.3 Å². The van der Waals surface area contributed by atoms with Gasteiger partial charge in [0.25, 0.3) is 5.56 Å². The molecular formula is C15H13N5O3S. The molecule has 2 heterocycles. The summed E-state index contributed by atoms with van der Waals surface area (Å²) in [5.74, 6) is -0.804. The highest BCUT2D eigenvalue weighted by Gasteiger charge is 2.13. The van der Waals surface area contributed by atoms with Crippen molar-refractivity contribution in [3.05, 3.63) is 51.4 Å². The fourth-order valence-electron chi connectivity index (χ4n) is 2.25. The summed E-state index contributed by atoms with van der Waals surface area (Å²) in [6.07, 6.45) is 0.0144. The minimum atomic E-state index is -0.484. The SMILES string of the molecule is NC(=O)Cc1csc(NC(=O)Cc2n[nH]c(=O)c3ccccc23)n1. The number of thiazole rings is 1. The Balaban J connectivity index is 1.76. The first kappa shape index (κ1) is 15.8. The largest absolute Gasteiger partial charge is 0.369 e. The Labute approximate surface area is 139 Å². The maximum absolute atomic E-state index is 12.2. The van der Waals surface area contributed by atoms with Gasteiger partial charge in [-0.05, 0) is 6.07 Å². The van der Waals surface area contributed by atoms with Crippen molar-refractivity contribution in [2.45, 2.75) is 12.8 Å². The Hall–Kier alpha value is -3.07. The predicted octanol–water partition coefficient (Wildman–Crippen LogP) is 0.589. The normalized spacial score (nSPS) is 10.7. The molecule has 0 fully saturated rings. The summed E-state index contributed by atoms with van der Waals surface area (Å²) < 4.78 is 0. The van der Waals surface area contributed by atoms with E-state index in [9.17, 15) is 14.4 Å². The fraction of sp³-hybridized carbons (Fsp3) is 0.133. The highest BCUT2D eigenvalue weighted by molar-refractivity contribution is 7.13. The van der Waals surface area contributed by atoms with Crippen LogP contribution in [0.3, 0.4) is 0 Å². The van der Waals surface area contributed by atoms with E-state index in [1.54, 1.807) is 29.6 Å². The van der Waals surface area contributed by atoms with E-state index in [1.807, 2.05) is 0 Å². The Morgan fingerprint density at radius 1 is 1.21 bits per heavy atom. The van der Waals surface area contributed by atoms with Crippen molar-refractivity contribution < 1.29 is 9.59 Å². The molecule has 9 heteroatoms. The standard InChI is InChI=1S/C15H13N5O3S/c16-12(21)5-8-7-24-15(17-8)18-13(22)6-11-9-3-1-2-4-10(9)14(23)20-19-11/h1-4,7H,5-6H2,(H2,16,21)(H,20,23)(H,17,18,22). The van der Waals surface area contributed by atoms with Crippen LogP contribution >= 0.6 is 11.3 Å². The smallest absolute Gasteiger partial charge is 0.272 e. The molecule has 2 amide bonds. The molecular weight excluding hydrogens is 330 g/mol. The van der Waals surface area contributed by atoms with Gasteiger partial charge in [-0.3, -0.25) is 14.4 Å². The second kappa shape index (κ2) is 6.59. The zero-order valence-corrected chi connectivity index (χ0v) is 13.2. The molecule has 4 N–H and O–H groups in total. The molecule has 0 saturated heterocycles. The molecule has 0 spiro atoms. The van der Waals surface area contributed by atoms with Crippen molar-refractivity contribution >= 4 is 39.1 Å². The third-order valence-corrected chi connectivity index (χ3v) is 4.06. The van der Waals surface area contributed by atoms with Crippen molar-refractivity contribution in [3.8, 4) is 0 Å². The van der Waals surface area contributed by atoms with Crippen LogP contribution in [-0.4, -0.2) is 27.0 Å². The lowest BCUT2D eigenvalue weighted by Gasteiger charge is -2.04. The number of benzene rings is 1. The molecule has 0 bridgehead atoms. The van der Waals surface area contributed by atoms with Gasteiger partial charge in [0.15, 0.2) is 5.13 Å². The van der Waals surface area contributed by atoms with E-state index < -0.39 is 5.91 Å². The number of H-pyrrole nitrogens is 1. The van der Waals surface area contributed by atoms with Crippen LogP contribution in [0.2, 0.25) is 0 Å². The van der Waals surface area contributed by atoms with E-state index >= 15 is 0 Å². The molecule has 0 unspecified atom stereocenters. The number of rotatable bonds is 5. The van der Waals surface area contributed by atoms with Gasteiger partial charge in [-0.1, -0.05) is 18.2 Å². The number of fused-ring (bicyclic) bond motifs is 1. The Morgan fingerprint density at radius 3 is 2.71 bits per heavy atom. The van der Waals surface area contributed by atoms with Gasteiger partial charge in [-0.15, -0.1) is 11.3 Å². The first-order valence-corrected chi connectivity index (χ1v) is 7.90. The second-order valence-electron chi connectivity index (χ2n) is 5.06. The number of carbonyl (C=O) groups excluding carboxylic acids is 2. The number of nitrogens with one attached hydrogen (secondary N) is 2. The molecule has 0 saturated carbocycles. The lowest BCUT2D eigenvalue weighted by Crippen LogP contribution is -2.18. The molecule has 0 aliphatic carbocycles. The number of anilines is 1. The number of hydrogen-bond donors (Lipinski definition) is 3. The van der Waals surface area contributed by atoms with Crippen LogP contribution in [0.25, 0.3) is 10.8 Å². The highest BCUT2D eigenvalue weighted by atomic mass is 32.1. The number of nitrogens with zero attached hydrogens (tertiary/aromatic N) is 2. The van der Waals surface area contributed by atoms with Gasteiger partial charge < -0.3 is 11.1 Å². The number of hydrogen-bond acceptors (Lipinski definition) is 6. The Morgan fingerprint density at radius 2 is 1.96 bits per heavy atom. The number of carbonyl (C=O) groups is 2. The van der Waals surface area contributed by atoms with Gasteiger partial charge in [-0.25, -0.2) is 10.1 Å². The molecule has 2 aromatic heterocycles. The molecule has 0 aliphatic heterocycles. The number of amides is 2. The molecule has 0 atom stereocenters. The molecule has 122 valence electrons. The lowest BCUT2D eigenvalue weighted by molar-refractivity contribution is -0.117. The summed E-state index contributed by atoms with van der Waals surface area (Å²) in [6.45, 7) is 0. The third-order valence-electron chi connectivity index (χ3n) is 3.26. The summed E-state index contributed by atoms with van der Waals surface area (Å²) in [4.78, 5) is 38.9. The number of aromatic nitrogens is 3. The van der Waals surface area contributed by atoms with Gasteiger partial charge in [0.2, 0.25) is 11.8 Å². The van der Waals surface area contributed by atoms with Gasteiger partial charge in [0.1, 0.15) is 0 Å². The monoisotopic (exact) mass is 343 g/mol. The number of aromatic amines is 1. The third kappa shape index (κ3) is 3.46. The molecule has 1 aromatic carbocycles. The average Bonchev–Trinajstić information content (AvgIpc) is 2.96. The molecule has 3 aromatic rings. The predicted molar refractivity (Wildman–Crippen MR) is 89.7 cm³/mol. The van der Waals surface area contributed by atoms with Crippen LogP contribution in [0.5, 0.6) is 0 Å². The van der Waals surface area contributed by atoms with Crippen LogP contribution in [-0.2, 0) is 22.4 Å². The first-order valence-electron chi connectivity index (χ1n) is 7.02. The van der Waals surface area contributed by atoms with Gasteiger partial charge >= 0.3 is 0 Å². The van der Waals surface area contributed by atoms with Crippen LogP contribution in [0, 0.1) is 0 Å². The van der Waals surface area contributed by atoms with E-state index in [2.05, 4.69) is 20.5 Å². The quantitative estimate of drug-likeness (QED) is 0.624. The summed E-state index contributed by atoms with van der Waals surface area (Å²) in [7, 11) is 0. The van der Waals surface area contributed by atoms with E-state index in [1.165, 1.54) is 11.3 Å². The Kier molecular flexibility index (Phi) is 4.34. The minimum Gasteiger partial charge on any atom is -0.369 e. The van der Waals surface area contributed by atoms with Crippen LogP contribution in [0.1, 0.15) is 11.4 Å². The molecule has 0 aliphatic rings. The molecule has 24 heavy (non-hydrogen) atoms. The van der Waals surface area contributed by atoms with E-state index in [0.717, 1.165) is 0 Å². The van der Waals surface area contributed by atoms with Crippen molar-refractivity contribution in [2.24, 2.45) is 5.73 Å². The Bertz CT molecular complexity index is 978. The van der Waals surface area contributed by atoms with E-state index in [4.69, 9.17) is 5.73 Å². The topological polar surface area (TPSA) is 131 Å². The van der Waals surface area contributed by atoms with Gasteiger partial charge in [0, 0.05) is 10.8 Å². The zero-order valence-electron chi connectivity index (χ0n) is 12.4. The molecule has 0 radical (unpaired) electrons. The molecule has 3 rings (SSSR count). The van der Waals surface area contributed by atoms with Crippen LogP contribution in [0.4, 0.5) is 5.13 Å². The highest BCUT2D eigenvalue weighted by Crippen LogP contribution is 2.17. The summed E-state index contributed by atoms with van der Waals surface area (Å²) in [5.41, 5.74) is 5.78. The minimum absolute atomic E-state index is 0.0119. The summed E-state index contributed by atoms with van der Waals surface area (Å²) in [6, 6.07) is 6.95. The second-order valence-corrected chi connectivity index (χ2v) is 5.92. The summed E-state index contributed by atoms with van der Waals surface area (Å²) in [5, 5.41) is 12.1. The average molecular weight is 343 g/mol. The van der Waals surface area contributed by atoms with E-state index in [0.29, 0.717) is 27.3 Å². The van der Waals surface area contributed by atoms with Crippen molar-refractivity contribution in [2.75, 3.05) is 5.32 Å². The molecule has 8 nitrogen and oxygen atoms in total. The van der Waals surface area contributed by atoms with Gasteiger partial charge in [0.05, 0.1) is 29.6 Å². The first-order chi connectivity index (χ1) is 11.5. The maximum atomic E-state index is 12.2.